The number of thiophene rings is 1. The number of amides is 1. The lowest BCUT2D eigenvalue weighted by molar-refractivity contribution is -0.186. The summed E-state index contributed by atoms with van der Waals surface area (Å²) >= 11 is 1.69. The predicted octanol–water partition coefficient (Wildman–Crippen LogP) is 6.21. The number of hydrogen-bond acceptors (Lipinski definition) is 5. The topological polar surface area (TPSA) is 73.2 Å². The molecule has 6 nitrogen and oxygen atoms in total. The highest BCUT2D eigenvalue weighted by Crippen LogP contribution is 2.28. The van der Waals surface area contributed by atoms with Gasteiger partial charge in [0.2, 0.25) is 0 Å². The van der Waals surface area contributed by atoms with Crippen molar-refractivity contribution in [2.45, 2.75) is 58.0 Å². The van der Waals surface area contributed by atoms with Gasteiger partial charge in [0.25, 0.3) is 5.91 Å². The summed E-state index contributed by atoms with van der Waals surface area (Å²) in [6.07, 6.45) is 3.36. The largest absolute Gasteiger partial charge is 0.370 e. The maximum Gasteiger partial charge on any atom is 0.370 e. The van der Waals surface area contributed by atoms with Crippen molar-refractivity contribution in [3.8, 4) is 0 Å². The Hall–Kier alpha value is -3.52. The molecular weight excluding hydrogens is 477 g/mol. The second-order valence-corrected chi connectivity index (χ2v) is 9.81. The molecule has 0 saturated carbocycles. The summed E-state index contributed by atoms with van der Waals surface area (Å²) in [4.78, 5) is 34.7. The fourth-order valence-corrected chi connectivity index (χ4v) is 5.25. The molecule has 0 bridgehead atoms. The van der Waals surface area contributed by atoms with Crippen molar-refractivity contribution in [1.29, 1.82) is 0 Å². The Balaban J connectivity index is 1.58. The number of halogens is 1. The van der Waals surface area contributed by atoms with Crippen LogP contribution >= 0.6 is 11.3 Å². The monoisotopic (exact) mass is 507 g/mol. The molecule has 2 aromatic carbocycles. The van der Waals surface area contributed by atoms with E-state index in [0.717, 1.165) is 35.3 Å². The number of aromatic nitrogens is 2. The van der Waals surface area contributed by atoms with Crippen molar-refractivity contribution < 1.29 is 19.1 Å². The molecule has 4 aromatic rings. The van der Waals surface area contributed by atoms with Gasteiger partial charge in [-0.15, -0.1) is 11.3 Å². The Labute approximate surface area is 214 Å². The van der Waals surface area contributed by atoms with Crippen LogP contribution in [0, 0.1) is 0 Å². The van der Waals surface area contributed by atoms with Gasteiger partial charge in [-0.2, -0.15) is 0 Å². The van der Waals surface area contributed by atoms with E-state index in [-0.39, 0.29) is 6.42 Å². The minimum atomic E-state index is -1.11. The zero-order valence-electron chi connectivity index (χ0n) is 20.4. The summed E-state index contributed by atoms with van der Waals surface area (Å²) in [6.45, 7) is 4.33. The maximum atomic E-state index is 13.1. The van der Waals surface area contributed by atoms with E-state index in [2.05, 4.69) is 40.1 Å². The van der Waals surface area contributed by atoms with Crippen molar-refractivity contribution >= 4 is 34.2 Å². The Kier molecular flexibility index (Phi) is 8.48. The van der Waals surface area contributed by atoms with Crippen LogP contribution in [0.5, 0.6) is 0 Å². The molecule has 0 saturated heterocycles. The van der Waals surface area contributed by atoms with Gasteiger partial charge in [0.15, 0.2) is 0 Å². The first-order chi connectivity index (χ1) is 17.5. The zero-order chi connectivity index (χ0) is 25.5. The van der Waals surface area contributed by atoms with Gasteiger partial charge >= 0.3 is 5.97 Å². The van der Waals surface area contributed by atoms with Crippen LogP contribution in [0.2, 0.25) is 0 Å². The van der Waals surface area contributed by atoms with Gasteiger partial charge < -0.3 is 9.88 Å². The molecule has 0 radical (unpaired) electrons. The average Bonchev–Trinajstić information content (AvgIpc) is 3.55. The first-order valence-electron chi connectivity index (χ1n) is 12.2. The van der Waals surface area contributed by atoms with E-state index in [0.29, 0.717) is 24.4 Å². The number of aryl methyl sites for hydroxylation is 1. The van der Waals surface area contributed by atoms with Gasteiger partial charge in [-0.25, -0.2) is 9.78 Å². The average molecular weight is 508 g/mol. The molecule has 188 valence electrons. The minimum Gasteiger partial charge on any atom is -0.338 e. The number of carbonyl (C=O) groups is 2. The van der Waals surface area contributed by atoms with Crippen molar-refractivity contribution in [2.75, 3.05) is 0 Å². The molecule has 1 N–H and O–H groups in total. The van der Waals surface area contributed by atoms with Gasteiger partial charge in [0, 0.05) is 27.4 Å². The quantitative estimate of drug-likeness (QED) is 0.262. The van der Waals surface area contributed by atoms with Crippen LogP contribution in [0.3, 0.4) is 0 Å². The standard InChI is InChI=1S/C28H30FN3O3S/c1-3-21(4-2)32-25-15-13-20(17-24(25)30-26(32)18-22-11-8-16-36-22)27(33)31-23(28(34)35-29)14-12-19-9-6-5-7-10-19/h5-11,13,15-17,21,23H,3-4,12,14,18H2,1-2H3,(H,31,33). The molecule has 36 heavy (non-hydrogen) atoms. The van der Waals surface area contributed by atoms with Crippen LogP contribution < -0.4 is 5.32 Å². The summed E-state index contributed by atoms with van der Waals surface area (Å²) in [5.41, 5.74) is 3.02. The number of nitrogens with zero attached hydrogens (tertiary/aromatic N) is 2. The number of hydrogen-bond donors (Lipinski definition) is 1. The number of rotatable bonds is 11. The van der Waals surface area contributed by atoms with Gasteiger partial charge in [-0.3, -0.25) is 9.74 Å². The fraction of sp³-hybridized carbons (Fsp3) is 0.321. The molecule has 0 aliphatic carbocycles. The Bertz CT molecular complexity index is 1300. The van der Waals surface area contributed by atoms with E-state index in [1.165, 1.54) is 4.88 Å². The van der Waals surface area contributed by atoms with Crippen molar-refractivity contribution in [3.63, 3.8) is 0 Å². The predicted molar refractivity (Wildman–Crippen MR) is 140 cm³/mol. The highest BCUT2D eigenvalue weighted by Gasteiger charge is 2.25. The van der Waals surface area contributed by atoms with E-state index in [1.807, 2.05) is 42.5 Å². The SMILES string of the molecule is CCC(CC)n1c(Cc2cccs2)nc2cc(C(=O)NC(CCc3ccccc3)C(=O)OF)ccc21. The molecule has 0 spiro atoms. The fourth-order valence-electron chi connectivity index (χ4n) is 4.54. The summed E-state index contributed by atoms with van der Waals surface area (Å²) in [6, 6.07) is 18.2. The van der Waals surface area contributed by atoms with E-state index < -0.39 is 17.9 Å². The first kappa shape index (κ1) is 25.6. The van der Waals surface area contributed by atoms with Crippen LogP contribution in [0.15, 0.2) is 66.0 Å². The lowest BCUT2D eigenvalue weighted by atomic mass is 10.0. The van der Waals surface area contributed by atoms with Gasteiger partial charge in [-0.05, 0) is 60.9 Å². The summed E-state index contributed by atoms with van der Waals surface area (Å²) in [5, 5.41) is 4.69. The normalized spacial score (nSPS) is 12.1. The number of benzene rings is 2. The zero-order valence-corrected chi connectivity index (χ0v) is 21.3. The summed E-state index contributed by atoms with van der Waals surface area (Å²) in [5.74, 6) is -0.630. The van der Waals surface area contributed by atoms with Crippen LogP contribution in [0.4, 0.5) is 4.53 Å². The Morgan fingerprint density at radius 3 is 2.53 bits per heavy atom. The molecule has 8 heteroatoms. The molecule has 4 rings (SSSR count). The number of nitrogens with one attached hydrogen (secondary N) is 1. The molecular formula is C28H30FN3O3S. The number of imidazole rings is 1. The highest BCUT2D eigenvalue weighted by atomic mass is 32.1. The third kappa shape index (κ3) is 5.82. The van der Waals surface area contributed by atoms with E-state index >= 15 is 0 Å². The molecule has 1 unspecified atom stereocenters. The number of carbonyl (C=O) groups excluding carboxylic acids is 2. The van der Waals surface area contributed by atoms with Crippen molar-refractivity contribution in [3.05, 3.63) is 87.9 Å². The third-order valence-corrected chi connectivity index (χ3v) is 7.35. The summed E-state index contributed by atoms with van der Waals surface area (Å²) < 4.78 is 15.0. The van der Waals surface area contributed by atoms with E-state index in [4.69, 9.17) is 4.98 Å². The van der Waals surface area contributed by atoms with Gasteiger partial charge in [0.1, 0.15) is 11.9 Å². The van der Waals surface area contributed by atoms with Crippen molar-refractivity contribution in [1.82, 2.24) is 14.9 Å². The molecule has 1 atom stereocenters. The van der Waals surface area contributed by atoms with E-state index in [1.54, 1.807) is 23.5 Å². The lowest BCUT2D eigenvalue weighted by Crippen LogP contribution is -2.41. The highest BCUT2D eigenvalue weighted by molar-refractivity contribution is 7.09. The lowest BCUT2D eigenvalue weighted by Gasteiger charge is -2.19. The first-order valence-corrected chi connectivity index (χ1v) is 13.1. The summed E-state index contributed by atoms with van der Waals surface area (Å²) in [7, 11) is 0. The molecule has 2 heterocycles. The van der Waals surface area contributed by atoms with Crippen LogP contribution in [0.25, 0.3) is 11.0 Å². The van der Waals surface area contributed by atoms with Crippen LogP contribution in [0.1, 0.15) is 65.8 Å². The second kappa shape index (κ2) is 11.9. The van der Waals surface area contributed by atoms with E-state index in [9.17, 15) is 14.1 Å². The molecule has 0 fully saturated rings. The minimum absolute atomic E-state index is 0.217. The Morgan fingerprint density at radius 1 is 1.08 bits per heavy atom. The number of fused-ring (bicyclic) bond motifs is 1. The third-order valence-electron chi connectivity index (χ3n) is 6.48. The molecule has 0 aliphatic heterocycles. The smallest absolute Gasteiger partial charge is 0.338 e. The molecule has 1 amide bonds. The van der Waals surface area contributed by atoms with Crippen LogP contribution in [-0.4, -0.2) is 27.5 Å². The molecule has 2 aromatic heterocycles. The van der Waals surface area contributed by atoms with Crippen LogP contribution in [-0.2, 0) is 22.6 Å². The molecule has 0 aliphatic rings. The van der Waals surface area contributed by atoms with Crippen molar-refractivity contribution in [2.24, 2.45) is 0 Å². The maximum absolute atomic E-state index is 13.1. The Morgan fingerprint density at radius 2 is 1.86 bits per heavy atom. The van der Waals surface area contributed by atoms with Gasteiger partial charge in [-0.1, -0.05) is 50.2 Å². The second-order valence-electron chi connectivity index (χ2n) is 8.77. The van der Waals surface area contributed by atoms with Gasteiger partial charge in [0.05, 0.1) is 11.0 Å².